The van der Waals surface area contributed by atoms with Crippen molar-refractivity contribution >= 4 is 32.4 Å². The zero-order chi connectivity index (χ0) is 13.7. The highest BCUT2D eigenvalue weighted by Crippen LogP contribution is 2.24. The summed E-state index contributed by atoms with van der Waals surface area (Å²) in [6.45, 7) is 1.92. The van der Waals surface area contributed by atoms with E-state index < -0.39 is 15.7 Å². The molecule has 2 N–H and O–H groups in total. The van der Waals surface area contributed by atoms with Gasteiger partial charge in [-0.1, -0.05) is 28.9 Å². The van der Waals surface area contributed by atoms with E-state index >= 15 is 0 Å². The Morgan fingerprint density at radius 1 is 1.56 bits per heavy atom. The summed E-state index contributed by atoms with van der Waals surface area (Å²) in [6.07, 6.45) is 0.744. The molecule has 0 aliphatic heterocycles. The van der Waals surface area contributed by atoms with E-state index in [1.165, 1.54) is 6.07 Å². The quantitative estimate of drug-likeness (QED) is 0.639. The van der Waals surface area contributed by atoms with Crippen molar-refractivity contribution < 1.29 is 9.13 Å². The van der Waals surface area contributed by atoms with Crippen LogP contribution in [0, 0.1) is 10.1 Å². The lowest BCUT2D eigenvalue weighted by molar-refractivity contribution is -0.385. The smallest absolute Gasteiger partial charge is 0.274 e. The van der Waals surface area contributed by atoms with Gasteiger partial charge in [0.25, 0.3) is 5.69 Å². The van der Waals surface area contributed by atoms with Crippen molar-refractivity contribution in [3.05, 3.63) is 38.3 Å². The molecule has 2 atom stereocenters. The topological polar surface area (TPSA) is 86.2 Å². The number of nitro benzene ring substituents is 1. The second-order valence-electron chi connectivity index (χ2n) is 3.95. The second kappa shape index (κ2) is 6.96. The molecule has 1 rings (SSSR count). The average Bonchev–Trinajstić information content (AvgIpc) is 2.30. The van der Waals surface area contributed by atoms with Gasteiger partial charge in [0.1, 0.15) is 0 Å². The molecule has 2 unspecified atom stereocenters. The molecular weight excluding hydrogens is 320 g/mol. The molecule has 0 spiro atoms. The number of nitro groups is 1. The summed E-state index contributed by atoms with van der Waals surface area (Å²) in [5, 5.41) is 10.9. The van der Waals surface area contributed by atoms with E-state index in [0.29, 0.717) is 15.8 Å². The fourth-order valence-electron chi connectivity index (χ4n) is 1.42. The minimum absolute atomic E-state index is 0.0113. The van der Waals surface area contributed by atoms with Crippen LogP contribution in [0.15, 0.2) is 22.7 Å². The fourth-order valence-corrected chi connectivity index (χ4v) is 3.19. The van der Waals surface area contributed by atoms with E-state index in [0.717, 1.165) is 6.42 Å². The summed E-state index contributed by atoms with van der Waals surface area (Å²) in [5.41, 5.74) is 6.18. The predicted octanol–water partition coefficient (Wildman–Crippen LogP) is 2.34. The highest BCUT2D eigenvalue weighted by molar-refractivity contribution is 9.10. The first-order valence-electron chi connectivity index (χ1n) is 5.47. The molecule has 7 heteroatoms. The summed E-state index contributed by atoms with van der Waals surface area (Å²) < 4.78 is 12.5. The van der Waals surface area contributed by atoms with Gasteiger partial charge in [0.15, 0.2) is 0 Å². The number of hydrogen-bond acceptors (Lipinski definition) is 4. The van der Waals surface area contributed by atoms with Crippen molar-refractivity contribution in [2.24, 2.45) is 5.73 Å². The van der Waals surface area contributed by atoms with Crippen LogP contribution in [0.4, 0.5) is 5.69 Å². The Kier molecular flexibility index (Phi) is 5.90. The van der Waals surface area contributed by atoms with Crippen molar-refractivity contribution in [2.45, 2.75) is 25.1 Å². The molecule has 0 aliphatic carbocycles. The van der Waals surface area contributed by atoms with Gasteiger partial charge in [-0.05, 0) is 12.5 Å². The van der Waals surface area contributed by atoms with E-state index in [-0.39, 0.29) is 17.5 Å². The second-order valence-corrected chi connectivity index (χ2v) is 6.37. The van der Waals surface area contributed by atoms with Crippen molar-refractivity contribution in [3.8, 4) is 0 Å². The monoisotopic (exact) mass is 334 g/mol. The zero-order valence-electron chi connectivity index (χ0n) is 9.97. The molecular formula is C11H15BrN2O3S. The molecule has 0 amide bonds. The minimum Gasteiger partial charge on any atom is -0.327 e. The average molecular weight is 335 g/mol. The van der Waals surface area contributed by atoms with Gasteiger partial charge in [-0.25, -0.2) is 0 Å². The Balaban J connectivity index is 2.84. The third kappa shape index (κ3) is 4.47. The first-order chi connectivity index (χ1) is 8.43. The number of hydrogen-bond donors (Lipinski definition) is 1. The van der Waals surface area contributed by atoms with Crippen molar-refractivity contribution in [3.63, 3.8) is 0 Å². The largest absolute Gasteiger partial charge is 0.327 e. The Bertz CT molecular complexity index is 468. The molecule has 0 bridgehead atoms. The maximum absolute atomic E-state index is 11.8. The van der Waals surface area contributed by atoms with Crippen LogP contribution in [-0.4, -0.2) is 20.9 Å². The summed E-state index contributed by atoms with van der Waals surface area (Å²) in [6, 6.07) is 4.63. The van der Waals surface area contributed by atoms with Crippen molar-refractivity contribution in [1.82, 2.24) is 0 Å². The molecule has 0 radical (unpaired) electrons. The molecule has 0 saturated heterocycles. The number of nitrogens with two attached hydrogens (primary N) is 1. The molecule has 5 nitrogen and oxygen atoms in total. The van der Waals surface area contributed by atoms with E-state index in [1.54, 1.807) is 12.1 Å². The lowest BCUT2D eigenvalue weighted by Gasteiger charge is -2.08. The highest BCUT2D eigenvalue weighted by Gasteiger charge is 2.17. The van der Waals surface area contributed by atoms with Gasteiger partial charge in [0, 0.05) is 38.7 Å². The number of rotatable bonds is 6. The Labute approximate surface area is 116 Å². The first kappa shape index (κ1) is 15.3. The Morgan fingerprint density at radius 3 is 2.78 bits per heavy atom. The minimum atomic E-state index is -1.18. The summed E-state index contributed by atoms with van der Waals surface area (Å²) in [4.78, 5) is 10.4. The van der Waals surface area contributed by atoms with Gasteiger partial charge >= 0.3 is 0 Å². The first-order valence-corrected chi connectivity index (χ1v) is 7.75. The molecule has 0 saturated carbocycles. The predicted molar refractivity (Wildman–Crippen MR) is 75.8 cm³/mol. The summed E-state index contributed by atoms with van der Waals surface area (Å²) in [5.74, 6) is 0.529. The van der Waals surface area contributed by atoms with Crippen LogP contribution in [-0.2, 0) is 16.6 Å². The maximum Gasteiger partial charge on any atom is 0.274 e. The van der Waals surface area contributed by atoms with Crippen LogP contribution < -0.4 is 5.73 Å². The Hall–Kier alpha value is -0.790. The van der Waals surface area contributed by atoms with E-state index in [4.69, 9.17) is 5.73 Å². The number of nitrogens with zero attached hydrogens (tertiary/aromatic N) is 1. The Morgan fingerprint density at radius 2 is 2.22 bits per heavy atom. The molecule has 18 heavy (non-hydrogen) atoms. The molecule has 0 heterocycles. The van der Waals surface area contributed by atoms with Crippen LogP contribution in [0.3, 0.4) is 0 Å². The van der Waals surface area contributed by atoms with Crippen LogP contribution in [0.2, 0.25) is 0 Å². The van der Waals surface area contributed by atoms with Gasteiger partial charge in [-0.3, -0.25) is 14.3 Å². The molecule has 0 fully saturated rings. The van der Waals surface area contributed by atoms with Crippen molar-refractivity contribution in [2.75, 3.05) is 5.75 Å². The third-order valence-electron chi connectivity index (χ3n) is 2.48. The van der Waals surface area contributed by atoms with Crippen molar-refractivity contribution in [1.29, 1.82) is 0 Å². The summed E-state index contributed by atoms with van der Waals surface area (Å²) >= 11 is 3.18. The van der Waals surface area contributed by atoms with E-state index in [9.17, 15) is 14.3 Å². The molecule has 0 aromatic heterocycles. The van der Waals surface area contributed by atoms with Gasteiger partial charge < -0.3 is 5.73 Å². The molecule has 0 aliphatic rings. The van der Waals surface area contributed by atoms with E-state index in [1.807, 2.05) is 6.92 Å². The van der Waals surface area contributed by atoms with Gasteiger partial charge in [0.05, 0.1) is 10.7 Å². The van der Waals surface area contributed by atoms with Crippen LogP contribution in [0.5, 0.6) is 0 Å². The van der Waals surface area contributed by atoms with E-state index in [2.05, 4.69) is 15.9 Å². The normalized spacial score (nSPS) is 14.2. The maximum atomic E-state index is 11.8. The molecule has 1 aromatic rings. The third-order valence-corrected chi connectivity index (χ3v) is 4.41. The van der Waals surface area contributed by atoms with Crippen LogP contribution in [0.1, 0.15) is 18.9 Å². The highest BCUT2D eigenvalue weighted by atomic mass is 79.9. The van der Waals surface area contributed by atoms with Gasteiger partial charge in [-0.15, -0.1) is 0 Å². The SMILES string of the molecule is CCC(N)CS(=O)Cc1ccc(Br)cc1[N+](=O)[O-]. The lowest BCUT2D eigenvalue weighted by Crippen LogP contribution is -2.26. The van der Waals surface area contributed by atoms with Crippen LogP contribution >= 0.6 is 15.9 Å². The zero-order valence-corrected chi connectivity index (χ0v) is 12.4. The number of benzene rings is 1. The fraction of sp³-hybridized carbons (Fsp3) is 0.455. The molecule has 100 valence electrons. The lowest BCUT2D eigenvalue weighted by atomic mass is 10.2. The van der Waals surface area contributed by atoms with Crippen LogP contribution in [0.25, 0.3) is 0 Å². The molecule has 1 aromatic carbocycles. The number of halogens is 1. The summed E-state index contributed by atoms with van der Waals surface area (Å²) in [7, 11) is -1.18. The van der Waals surface area contributed by atoms with Gasteiger partial charge in [0.2, 0.25) is 0 Å². The standard InChI is InChI=1S/C11H15BrN2O3S/c1-2-10(13)7-18(17)6-8-3-4-9(12)5-11(8)14(15)16/h3-5,10H,2,6-7,13H2,1H3. The van der Waals surface area contributed by atoms with Gasteiger partial charge in [-0.2, -0.15) is 0 Å².